The van der Waals surface area contributed by atoms with Gasteiger partial charge in [-0.05, 0) is 90.8 Å². The highest BCUT2D eigenvalue weighted by Gasteiger charge is 2.64. The zero-order valence-corrected chi connectivity index (χ0v) is 19.0. The molecule has 4 unspecified atom stereocenters. The zero-order chi connectivity index (χ0) is 21.0. The van der Waals surface area contributed by atoms with Crippen LogP contribution in [0, 0.1) is 63.6 Å². The fraction of sp³-hybridized carbons (Fsp3) is 0.923. The van der Waals surface area contributed by atoms with Gasteiger partial charge in [0.15, 0.2) is 0 Å². The average Bonchev–Trinajstić information content (AvgIpc) is 3.03. The number of hydrogen-bond donors (Lipinski definition) is 1. The Morgan fingerprint density at radius 2 is 1.86 bits per heavy atom. The summed E-state index contributed by atoms with van der Waals surface area (Å²) in [6.45, 7) is 9.46. The van der Waals surface area contributed by atoms with Crippen molar-refractivity contribution in [2.45, 2.75) is 98.0 Å². The van der Waals surface area contributed by atoms with Gasteiger partial charge in [0.1, 0.15) is 5.78 Å². The van der Waals surface area contributed by atoms with Crippen LogP contribution in [0.3, 0.4) is 0 Å². The van der Waals surface area contributed by atoms with Gasteiger partial charge in [0, 0.05) is 19.3 Å². The van der Waals surface area contributed by atoms with Crippen molar-refractivity contribution in [3.8, 4) is 6.07 Å². The first-order valence-electron chi connectivity index (χ1n) is 12.3. The normalized spacial score (nSPS) is 50.2. The highest BCUT2D eigenvalue weighted by molar-refractivity contribution is 5.79. The second-order valence-corrected chi connectivity index (χ2v) is 11.7. The molecule has 4 aliphatic rings. The van der Waals surface area contributed by atoms with Crippen LogP contribution in [0.1, 0.15) is 91.9 Å². The summed E-state index contributed by atoms with van der Waals surface area (Å²) >= 11 is 0. The van der Waals surface area contributed by atoms with Crippen molar-refractivity contribution in [1.29, 1.82) is 5.26 Å². The number of fused-ring (bicyclic) bond motifs is 5. The molecular weight excluding hydrogens is 358 g/mol. The first kappa shape index (κ1) is 21.4. The first-order chi connectivity index (χ1) is 13.8. The van der Waals surface area contributed by atoms with Crippen molar-refractivity contribution in [3.05, 3.63) is 0 Å². The molecule has 0 aromatic heterocycles. The lowest BCUT2D eigenvalue weighted by Crippen LogP contribution is -2.62. The number of carbonyl (C=O) groups is 1. The van der Waals surface area contributed by atoms with E-state index in [-0.39, 0.29) is 22.9 Å². The molecule has 162 valence electrons. The molecule has 0 saturated heterocycles. The molecule has 0 spiro atoms. The minimum absolute atomic E-state index is 0.218. The van der Waals surface area contributed by atoms with Crippen LogP contribution in [-0.2, 0) is 4.79 Å². The predicted octanol–water partition coefficient (Wildman–Crippen LogP) is 5.76. The van der Waals surface area contributed by atoms with E-state index in [2.05, 4.69) is 33.8 Å². The Hall–Kier alpha value is -0.880. The molecule has 0 radical (unpaired) electrons. The molecule has 0 aromatic carbocycles. The number of aliphatic hydroxyl groups excluding tert-OH is 1. The van der Waals surface area contributed by atoms with Crippen LogP contribution in [0.15, 0.2) is 0 Å². The number of rotatable bonds is 4. The lowest BCUT2D eigenvalue weighted by atomic mass is 9.41. The monoisotopic (exact) mass is 399 g/mol. The fourth-order valence-corrected chi connectivity index (χ4v) is 9.21. The molecule has 4 fully saturated rings. The van der Waals surface area contributed by atoms with Gasteiger partial charge in [0.05, 0.1) is 12.2 Å². The summed E-state index contributed by atoms with van der Waals surface area (Å²) in [6.07, 6.45) is 9.89. The number of nitriles is 1. The van der Waals surface area contributed by atoms with Crippen molar-refractivity contribution in [2.75, 3.05) is 0 Å². The van der Waals surface area contributed by atoms with Gasteiger partial charge in [0.25, 0.3) is 0 Å². The number of nitrogens with zero attached hydrogens (tertiary/aromatic N) is 1. The Kier molecular flexibility index (Phi) is 5.65. The lowest BCUT2D eigenvalue weighted by Gasteiger charge is -2.64. The summed E-state index contributed by atoms with van der Waals surface area (Å²) in [4.78, 5) is 12.4. The SMILES string of the molecule is CCC[C@@H]1[C@@H](O)C2C3CCC([C@H](C)CC#N)[C@@]3(C)CCC2[C@@]2(C)CCC(=O)C[C@@H]12. The molecule has 0 bridgehead atoms. The molecular formula is C26H41NO2. The summed E-state index contributed by atoms with van der Waals surface area (Å²) in [6, 6.07) is 2.41. The van der Waals surface area contributed by atoms with E-state index in [1.807, 2.05) is 0 Å². The number of ketones is 1. The summed E-state index contributed by atoms with van der Waals surface area (Å²) in [5.74, 6) is 3.68. The molecule has 4 rings (SSSR count). The summed E-state index contributed by atoms with van der Waals surface area (Å²) in [5, 5.41) is 21.0. The number of aliphatic hydroxyl groups is 1. The van der Waals surface area contributed by atoms with Crippen molar-refractivity contribution in [2.24, 2.45) is 52.3 Å². The second kappa shape index (κ2) is 7.67. The van der Waals surface area contributed by atoms with E-state index in [4.69, 9.17) is 0 Å². The van der Waals surface area contributed by atoms with Crippen LogP contribution in [0.5, 0.6) is 0 Å². The Morgan fingerprint density at radius 1 is 1.14 bits per heavy atom. The third-order valence-corrected chi connectivity index (χ3v) is 10.6. The minimum atomic E-state index is -0.251. The zero-order valence-electron chi connectivity index (χ0n) is 19.0. The van der Waals surface area contributed by atoms with E-state index >= 15 is 0 Å². The van der Waals surface area contributed by atoms with Crippen molar-refractivity contribution in [1.82, 2.24) is 0 Å². The van der Waals surface area contributed by atoms with Crippen molar-refractivity contribution >= 4 is 5.78 Å². The van der Waals surface area contributed by atoms with E-state index in [0.717, 1.165) is 25.7 Å². The van der Waals surface area contributed by atoms with Crippen LogP contribution >= 0.6 is 0 Å². The quantitative estimate of drug-likeness (QED) is 0.653. The Labute approximate surface area is 177 Å². The molecule has 4 aliphatic carbocycles. The van der Waals surface area contributed by atoms with Gasteiger partial charge in [-0.2, -0.15) is 5.26 Å². The van der Waals surface area contributed by atoms with Crippen LogP contribution in [-0.4, -0.2) is 17.0 Å². The standard InChI is InChI=1S/C26H41NO2/c1-5-6-18-22-15-17(28)9-12-26(22,4)21-10-13-25(3)19(16(2)11-14-27)7-8-20(25)23(21)24(18)29/h16,18-24,29H,5-13,15H2,1-4H3/t16-,18+,19?,20?,21?,22+,23?,24-,25-,26-/m1/s1. The largest absolute Gasteiger partial charge is 0.393 e. The molecule has 3 nitrogen and oxygen atoms in total. The lowest BCUT2D eigenvalue weighted by molar-refractivity contribution is -0.195. The third kappa shape index (κ3) is 3.12. The maximum atomic E-state index is 12.4. The Bertz CT molecular complexity index is 683. The molecule has 0 aromatic rings. The molecule has 3 heteroatoms. The van der Waals surface area contributed by atoms with E-state index in [1.165, 1.54) is 25.7 Å². The fourth-order valence-electron chi connectivity index (χ4n) is 9.21. The topological polar surface area (TPSA) is 61.1 Å². The minimum Gasteiger partial charge on any atom is -0.393 e. The summed E-state index contributed by atoms with van der Waals surface area (Å²) in [5.41, 5.74) is 0.484. The van der Waals surface area contributed by atoms with E-state index < -0.39 is 0 Å². The van der Waals surface area contributed by atoms with Crippen molar-refractivity contribution in [3.63, 3.8) is 0 Å². The van der Waals surface area contributed by atoms with Crippen molar-refractivity contribution < 1.29 is 9.90 Å². The molecule has 0 heterocycles. The third-order valence-electron chi connectivity index (χ3n) is 10.6. The maximum absolute atomic E-state index is 12.4. The van der Waals surface area contributed by atoms with Gasteiger partial charge in [-0.15, -0.1) is 0 Å². The van der Waals surface area contributed by atoms with E-state index in [1.54, 1.807) is 0 Å². The predicted molar refractivity (Wildman–Crippen MR) is 115 cm³/mol. The molecule has 1 N–H and O–H groups in total. The summed E-state index contributed by atoms with van der Waals surface area (Å²) < 4.78 is 0. The van der Waals surface area contributed by atoms with Crippen LogP contribution in [0.25, 0.3) is 0 Å². The van der Waals surface area contributed by atoms with Crippen LogP contribution in [0.2, 0.25) is 0 Å². The average molecular weight is 400 g/mol. The van der Waals surface area contributed by atoms with E-state index in [9.17, 15) is 15.2 Å². The van der Waals surface area contributed by atoms with Crippen LogP contribution < -0.4 is 0 Å². The van der Waals surface area contributed by atoms with Gasteiger partial charge in [0.2, 0.25) is 0 Å². The molecule has 0 amide bonds. The number of Topliss-reactive ketones (excluding diaryl/α,β-unsaturated/α-hetero) is 1. The van der Waals surface area contributed by atoms with Gasteiger partial charge in [-0.25, -0.2) is 0 Å². The van der Waals surface area contributed by atoms with Gasteiger partial charge in [-0.3, -0.25) is 4.79 Å². The molecule has 0 aliphatic heterocycles. The van der Waals surface area contributed by atoms with Crippen LogP contribution in [0.4, 0.5) is 0 Å². The number of carbonyl (C=O) groups excluding carboxylic acids is 1. The van der Waals surface area contributed by atoms with Gasteiger partial charge >= 0.3 is 0 Å². The molecule has 10 atom stereocenters. The Balaban J connectivity index is 1.69. The van der Waals surface area contributed by atoms with Gasteiger partial charge < -0.3 is 5.11 Å². The maximum Gasteiger partial charge on any atom is 0.133 e. The Morgan fingerprint density at radius 3 is 2.55 bits per heavy atom. The smallest absolute Gasteiger partial charge is 0.133 e. The first-order valence-corrected chi connectivity index (χ1v) is 12.3. The highest BCUT2D eigenvalue weighted by Crippen LogP contribution is 2.69. The second-order valence-electron chi connectivity index (χ2n) is 11.7. The van der Waals surface area contributed by atoms with Gasteiger partial charge in [-0.1, -0.05) is 34.1 Å². The number of hydrogen-bond acceptors (Lipinski definition) is 3. The summed E-state index contributed by atoms with van der Waals surface area (Å²) in [7, 11) is 0. The highest BCUT2D eigenvalue weighted by atomic mass is 16.3. The van der Waals surface area contributed by atoms with E-state index in [0.29, 0.717) is 54.1 Å². The molecule has 4 saturated carbocycles. The molecule has 29 heavy (non-hydrogen) atoms.